The topological polar surface area (TPSA) is 133 Å². The summed E-state index contributed by atoms with van der Waals surface area (Å²) in [6, 6.07) is 12.5. The average Bonchev–Trinajstić information content (AvgIpc) is 2.81. The molecule has 0 saturated carbocycles. The van der Waals surface area contributed by atoms with Crippen molar-refractivity contribution in [1.82, 2.24) is 14.5 Å². The number of aryl methyl sites for hydroxylation is 1. The summed E-state index contributed by atoms with van der Waals surface area (Å²) in [5, 5.41) is 12.1. The average molecular weight is 504 g/mol. The lowest BCUT2D eigenvalue weighted by molar-refractivity contribution is -0.138. The van der Waals surface area contributed by atoms with Gasteiger partial charge < -0.3 is 20.1 Å². The normalized spacial score (nSPS) is 17.5. The molecule has 2 unspecified atom stereocenters. The molecule has 11 heteroatoms. The zero-order chi connectivity index (χ0) is 25.8. The maximum atomic E-state index is 13.5. The SMILES string of the molecule is COc1cccc(C(=O)N2CCCN(S(C)(=O)=O)C2C(=O)NC(CC(=O)O)c2cccc(C)c2)c1. The lowest BCUT2D eigenvalue weighted by atomic mass is 10.0. The van der Waals surface area contributed by atoms with Gasteiger partial charge in [0.25, 0.3) is 11.8 Å². The van der Waals surface area contributed by atoms with E-state index in [0.29, 0.717) is 17.7 Å². The van der Waals surface area contributed by atoms with Gasteiger partial charge in [0.05, 0.1) is 25.8 Å². The third kappa shape index (κ3) is 6.37. The van der Waals surface area contributed by atoms with E-state index in [4.69, 9.17) is 4.74 Å². The van der Waals surface area contributed by atoms with Crippen molar-refractivity contribution in [3.05, 3.63) is 65.2 Å². The number of rotatable bonds is 8. The van der Waals surface area contributed by atoms with E-state index >= 15 is 0 Å². The number of carbonyl (C=O) groups excluding carboxylic acids is 2. The Balaban J connectivity index is 1.99. The van der Waals surface area contributed by atoms with Crippen LogP contribution in [0.2, 0.25) is 0 Å². The van der Waals surface area contributed by atoms with Gasteiger partial charge in [0.15, 0.2) is 6.17 Å². The molecule has 2 amide bonds. The number of carbonyl (C=O) groups is 3. The smallest absolute Gasteiger partial charge is 0.305 e. The van der Waals surface area contributed by atoms with E-state index in [1.807, 2.05) is 13.0 Å². The Hall–Kier alpha value is -3.44. The number of carboxylic acids is 1. The number of nitrogens with one attached hydrogen (secondary N) is 1. The highest BCUT2D eigenvalue weighted by molar-refractivity contribution is 7.88. The Labute approximate surface area is 204 Å². The standard InChI is InChI=1S/C24H29N3O7S/c1-16-7-4-8-17(13-16)20(15-21(28)29)25-22(30)23-26(11-6-12-27(23)35(3,32)33)24(31)18-9-5-10-19(14-18)34-2/h4-5,7-10,13-14,20,23H,6,11-12,15H2,1-3H3,(H,25,30)(H,28,29). The van der Waals surface area contributed by atoms with Crippen molar-refractivity contribution < 1.29 is 32.6 Å². The van der Waals surface area contributed by atoms with Gasteiger partial charge in [0, 0.05) is 18.7 Å². The zero-order valence-electron chi connectivity index (χ0n) is 19.8. The predicted octanol–water partition coefficient (Wildman–Crippen LogP) is 1.77. The van der Waals surface area contributed by atoms with Gasteiger partial charge in [-0.15, -0.1) is 0 Å². The number of benzene rings is 2. The van der Waals surface area contributed by atoms with Gasteiger partial charge in [-0.2, -0.15) is 4.31 Å². The zero-order valence-corrected chi connectivity index (χ0v) is 20.6. The number of hydrogen-bond donors (Lipinski definition) is 2. The van der Waals surface area contributed by atoms with Gasteiger partial charge in [0.1, 0.15) is 5.75 Å². The number of sulfonamides is 1. The summed E-state index contributed by atoms with van der Waals surface area (Å²) in [4.78, 5) is 39.7. The van der Waals surface area contributed by atoms with Crippen LogP contribution in [-0.4, -0.2) is 73.1 Å². The summed E-state index contributed by atoms with van der Waals surface area (Å²) in [7, 11) is -2.42. The van der Waals surface area contributed by atoms with Crippen molar-refractivity contribution in [2.45, 2.75) is 32.0 Å². The van der Waals surface area contributed by atoms with E-state index < -0.39 is 46.4 Å². The number of carboxylic acid groups (broad SMARTS) is 1. The van der Waals surface area contributed by atoms with Gasteiger partial charge in [-0.3, -0.25) is 14.4 Å². The molecule has 188 valence electrons. The van der Waals surface area contributed by atoms with Crippen LogP contribution in [0.25, 0.3) is 0 Å². The van der Waals surface area contributed by atoms with Crippen LogP contribution in [0.4, 0.5) is 0 Å². The first-order valence-electron chi connectivity index (χ1n) is 11.0. The molecule has 1 fully saturated rings. The summed E-state index contributed by atoms with van der Waals surface area (Å²) in [6.07, 6.45) is -0.575. The molecule has 3 rings (SSSR count). The van der Waals surface area contributed by atoms with Crippen molar-refractivity contribution in [2.75, 3.05) is 26.5 Å². The molecule has 10 nitrogen and oxygen atoms in total. The summed E-state index contributed by atoms with van der Waals surface area (Å²) in [6.45, 7) is 2.03. The van der Waals surface area contributed by atoms with Crippen molar-refractivity contribution in [3.63, 3.8) is 0 Å². The maximum absolute atomic E-state index is 13.5. The number of methoxy groups -OCH3 is 1. The van der Waals surface area contributed by atoms with Gasteiger partial charge in [-0.25, -0.2) is 8.42 Å². The lowest BCUT2D eigenvalue weighted by Gasteiger charge is -2.41. The number of aliphatic carboxylic acids is 1. The summed E-state index contributed by atoms with van der Waals surface area (Å²) in [5.41, 5.74) is 1.67. The van der Waals surface area contributed by atoms with Crippen LogP contribution in [-0.2, 0) is 19.6 Å². The first-order valence-corrected chi connectivity index (χ1v) is 12.9. The molecule has 1 heterocycles. The lowest BCUT2D eigenvalue weighted by Crippen LogP contribution is -2.63. The predicted molar refractivity (Wildman–Crippen MR) is 128 cm³/mol. The molecule has 2 atom stereocenters. The fourth-order valence-corrected chi connectivity index (χ4v) is 5.14. The van der Waals surface area contributed by atoms with Crippen molar-refractivity contribution in [1.29, 1.82) is 0 Å². The molecule has 2 aromatic rings. The highest BCUT2D eigenvalue weighted by atomic mass is 32.2. The van der Waals surface area contributed by atoms with E-state index in [1.54, 1.807) is 36.4 Å². The van der Waals surface area contributed by atoms with Crippen LogP contribution >= 0.6 is 0 Å². The third-order valence-electron chi connectivity index (χ3n) is 5.72. The fraction of sp³-hybridized carbons (Fsp3) is 0.375. The van der Waals surface area contributed by atoms with Gasteiger partial charge >= 0.3 is 5.97 Å². The van der Waals surface area contributed by atoms with E-state index in [2.05, 4.69) is 5.32 Å². The Kier molecular flexibility index (Phi) is 8.13. The molecular formula is C24H29N3O7S. The third-order valence-corrected chi connectivity index (χ3v) is 6.96. The molecule has 35 heavy (non-hydrogen) atoms. The second-order valence-corrected chi connectivity index (χ2v) is 10.3. The molecule has 2 aromatic carbocycles. The monoisotopic (exact) mass is 503 g/mol. The minimum absolute atomic E-state index is 0.0485. The van der Waals surface area contributed by atoms with Crippen LogP contribution in [0.15, 0.2) is 48.5 Å². The van der Waals surface area contributed by atoms with E-state index in [0.717, 1.165) is 16.1 Å². The molecule has 2 N–H and O–H groups in total. The van der Waals surface area contributed by atoms with Crippen LogP contribution < -0.4 is 10.1 Å². The molecule has 1 aliphatic heterocycles. The second-order valence-electron chi connectivity index (χ2n) is 8.40. The quantitative estimate of drug-likeness (QED) is 0.561. The number of ether oxygens (including phenoxy) is 1. The molecule has 0 radical (unpaired) electrons. The molecule has 1 saturated heterocycles. The second kappa shape index (κ2) is 10.9. The molecule has 1 aliphatic rings. The summed E-state index contributed by atoms with van der Waals surface area (Å²) in [5.74, 6) is -2.01. The number of nitrogens with zero attached hydrogens (tertiary/aromatic N) is 2. The minimum atomic E-state index is -3.87. The largest absolute Gasteiger partial charge is 0.497 e. The Bertz CT molecular complexity index is 1220. The molecule has 0 bridgehead atoms. The fourth-order valence-electron chi connectivity index (χ4n) is 4.11. The van der Waals surface area contributed by atoms with Gasteiger partial charge in [-0.05, 0) is 37.1 Å². The Morgan fingerprint density at radius 3 is 2.49 bits per heavy atom. The summed E-state index contributed by atoms with van der Waals surface area (Å²) < 4.78 is 31.3. The maximum Gasteiger partial charge on any atom is 0.305 e. The van der Waals surface area contributed by atoms with Crippen LogP contribution in [0, 0.1) is 6.92 Å². The van der Waals surface area contributed by atoms with Crippen LogP contribution in [0.3, 0.4) is 0 Å². The summed E-state index contributed by atoms with van der Waals surface area (Å²) >= 11 is 0. The molecule has 0 aliphatic carbocycles. The molecule has 0 aromatic heterocycles. The molecule has 0 spiro atoms. The highest BCUT2D eigenvalue weighted by Gasteiger charge is 2.43. The number of amides is 2. The van der Waals surface area contributed by atoms with Crippen molar-refractivity contribution in [3.8, 4) is 5.75 Å². The first kappa shape index (κ1) is 26.2. The van der Waals surface area contributed by atoms with Gasteiger partial charge in [-0.1, -0.05) is 35.9 Å². The number of hydrogen-bond acceptors (Lipinski definition) is 6. The van der Waals surface area contributed by atoms with Crippen molar-refractivity contribution >= 4 is 27.8 Å². The Morgan fingerprint density at radius 1 is 1.14 bits per heavy atom. The molecular weight excluding hydrogens is 474 g/mol. The minimum Gasteiger partial charge on any atom is -0.497 e. The van der Waals surface area contributed by atoms with E-state index in [1.165, 1.54) is 18.1 Å². The highest BCUT2D eigenvalue weighted by Crippen LogP contribution is 2.25. The van der Waals surface area contributed by atoms with E-state index in [-0.39, 0.29) is 18.7 Å². The van der Waals surface area contributed by atoms with Gasteiger partial charge in [0.2, 0.25) is 10.0 Å². The van der Waals surface area contributed by atoms with Crippen LogP contribution in [0.5, 0.6) is 5.75 Å². The van der Waals surface area contributed by atoms with Crippen LogP contribution in [0.1, 0.15) is 40.4 Å². The Morgan fingerprint density at radius 2 is 1.86 bits per heavy atom. The van der Waals surface area contributed by atoms with E-state index in [9.17, 15) is 27.9 Å². The first-order chi connectivity index (χ1) is 16.5. The van der Waals surface area contributed by atoms with Crippen molar-refractivity contribution in [2.24, 2.45) is 0 Å².